The van der Waals surface area contributed by atoms with E-state index in [0.717, 1.165) is 35.4 Å². The average Bonchev–Trinajstić information content (AvgIpc) is 3.12. The van der Waals surface area contributed by atoms with Crippen LogP contribution in [-0.4, -0.2) is 22.8 Å². The molecule has 0 radical (unpaired) electrons. The van der Waals surface area contributed by atoms with Crippen molar-refractivity contribution in [1.82, 2.24) is 15.1 Å². The van der Waals surface area contributed by atoms with E-state index in [4.69, 9.17) is 4.74 Å². The van der Waals surface area contributed by atoms with E-state index >= 15 is 0 Å². The molecule has 0 saturated heterocycles. The minimum atomic E-state index is -0.0336. The van der Waals surface area contributed by atoms with Crippen LogP contribution in [0, 0.1) is 12.3 Å². The number of nitrogens with zero attached hydrogens (tertiary/aromatic N) is 2. The van der Waals surface area contributed by atoms with E-state index in [1.165, 1.54) is 11.3 Å². The van der Waals surface area contributed by atoms with Crippen LogP contribution in [0.1, 0.15) is 48.7 Å². The number of carbonyl (C=O) groups is 1. The Bertz CT molecular complexity index is 1030. The summed E-state index contributed by atoms with van der Waals surface area (Å²) in [6.07, 6.45) is 4.10. The Balaban J connectivity index is 1.56. The second kappa shape index (κ2) is 7.98. The van der Waals surface area contributed by atoms with E-state index < -0.39 is 0 Å². The van der Waals surface area contributed by atoms with Gasteiger partial charge in [-0.25, -0.2) is 4.68 Å². The molecule has 1 aromatic heterocycles. The van der Waals surface area contributed by atoms with Crippen molar-refractivity contribution < 1.29 is 9.53 Å². The lowest BCUT2D eigenvalue weighted by molar-refractivity contribution is -0.121. The van der Waals surface area contributed by atoms with Crippen LogP contribution in [0.4, 0.5) is 0 Å². The number of methoxy groups -OCH3 is 1. The van der Waals surface area contributed by atoms with Crippen LogP contribution in [0.3, 0.4) is 0 Å². The van der Waals surface area contributed by atoms with Gasteiger partial charge in [0.1, 0.15) is 5.75 Å². The van der Waals surface area contributed by atoms with Gasteiger partial charge >= 0.3 is 0 Å². The zero-order chi connectivity index (χ0) is 21.3. The molecular weight excluding hydrogens is 374 g/mol. The number of benzene rings is 2. The lowest BCUT2D eigenvalue weighted by Gasteiger charge is -2.36. The van der Waals surface area contributed by atoms with Crippen molar-refractivity contribution in [3.8, 4) is 11.4 Å². The minimum absolute atomic E-state index is 0.0249. The molecule has 3 aromatic rings. The topological polar surface area (TPSA) is 56.1 Å². The maximum atomic E-state index is 12.8. The third-order valence-corrected chi connectivity index (χ3v) is 5.82. The largest absolute Gasteiger partial charge is 0.497 e. The fraction of sp³-hybridized carbons (Fsp3) is 0.360. The standard InChI is InChI=1S/C25H29N3O2/c1-17-5-9-19(10-6-17)28-23-15-25(2,3)14-22(21(23)16-26-28)27-24(29)13-18-7-11-20(30-4)12-8-18/h5-12,16,22H,13-15H2,1-4H3,(H,27,29)/t22-/m1/s1. The summed E-state index contributed by atoms with van der Waals surface area (Å²) in [4.78, 5) is 12.8. The Labute approximate surface area is 178 Å². The van der Waals surface area contributed by atoms with E-state index in [1.807, 2.05) is 35.1 Å². The highest BCUT2D eigenvalue weighted by Gasteiger charge is 2.36. The van der Waals surface area contributed by atoms with Crippen LogP contribution < -0.4 is 10.1 Å². The molecule has 1 amide bonds. The second-order valence-electron chi connectivity index (χ2n) is 8.98. The lowest BCUT2D eigenvalue weighted by Crippen LogP contribution is -2.37. The predicted octanol–water partition coefficient (Wildman–Crippen LogP) is 4.56. The maximum Gasteiger partial charge on any atom is 0.224 e. The lowest BCUT2D eigenvalue weighted by atomic mass is 9.74. The van der Waals surface area contributed by atoms with Gasteiger partial charge in [-0.2, -0.15) is 5.10 Å². The predicted molar refractivity (Wildman–Crippen MR) is 118 cm³/mol. The van der Waals surface area contributed by atoms with Crippen LogP contribution >= 0.6 is 0 Å². The summed E-state index contributed by atoms with van der Waals surface area (Å²) in [5.41, 5.74) is 5.64. The van der Waals surface area contributed by atoms with Crippen molar-refractivity contribution in [2.45, 2.75) is 46.1 Å². The zero-order valence-electron chi connectivity index (χ0n) is 18.1. The molecule has 2 aromatic carbocycles. The van der Waals surface area contributed by atoms with Crippen molar-refractivity contribution in [2.75, 3.05) is 7.11 Å². The molecule has 156 valence electrons. The van der Waals surface area contributed by atoms with Crippen molar-refractivity contribution >= 4 is 5.91 Å². The number of amides is 1. The van der Waals surface area contributed by atoms with Gasteiger partial charge in [0, 0.05) is 5.56 Å². The summed E-state index contributed by atoms with van der Waals surface area (Å²) in [6, 6.07) is 16.0. The van der Waals surface area contributed by atoms with Crippen LogP contribution in [0.15, 0.2) is 54.7 Å². The Morgan fingerprint density at radius 1 is 1.17 bits per heavy atom. The van der Waals surface area contributed by atoms with Crippen LogP contribution in [0.5, 0.6) is 5.75 Å². The first kappa shape index (κ1) is 20.2. The van der Waals surface area contributed by atoms with Crippen LogP contribution in [-0.2, 0) is 17.6 Å². The summed E-state index contributed by atoms with van der Waals surface area (Å²) in [7, 11) is 1.64. The number of hydrogen-bond acceptors (Lipinski definition) is 3. The molecule has 5 nitrogen and oxygen atoms in total. The van der Waals surface area contributed by atoms with E-state index in [1.54, 1.807) is 7.11 Å². The molecule has 0 fully saturated rings. The zero-order valence-corrected chi connectivity index (χ0v) is 18.1. The van der Waals surface area contributed by atoms with E-state index in [9.17, 15) is 4.79 Å². The van der Waals surface area contributed by atoms with Gasteiger partial charge in [0.25, 0.3) is 0 Å². The molecule has 1 heterocycles. The molecule has 0 saturated carbocycles. The van der Waals surface area contributed by atoms with E-state index in [0.29, 0.717) is 6.42 Å². The fourth-order valence-corrected chi connectivity index (χ4v) is 4.25. The Kier molecular flexibility index (Phi) is 5.37. The number of aryl methyl sites for hydroxylation is 1. The molecule has 1 atom stereocenters. The number of aromatic nitrogens is 2. The molecule has 0 aliphatic heterocycles. The average molecular weight is 404 g/mol. The highest BCUT2D eigenvalue weighted by atomic mass is 16.5. The summed E-state index contributed by atoms with van der Waals surface area (Å²) in [5, 5.41) is 7.93. The SMILES string of the molecule is COc1ccc(CC(=O)N[C@@H]2CC(C)(C)Cc3c2cnn3-c2ccc(C)cc2)cc1. The van der Waals surface area contributed by atoms with E-state index in [2.05, 4.69) is 55.5 Å². The molecule has 4 rings (SSSR count). The van der Waals surface area contributed by atoms with Crippen molar-refractivity contribution in [3.05, 3.63) is 77.1 Å². The normalized spacial score (nSPS) is 17.3. The first-order chi connectivity index (χ1) is 14.3. The van der Waals surface area contributed by atoms with Crippen molar-refractivity contribution in [3.63, 3.8) is 0 Å². The smallest absolute Gasteiger partial charge is 0.224 e. The van der Waals surface area contributed by atoms with Gasteiger partial charge in [0.15, 0.2) is 0 Å². The van der Waals surface area contributed by atoms with Gasteiger partial charge in [0.05, 0.1) is 37.2 Å². The number of hydrogen-bond donors (Lipinski definition) is 1. The molecule has 0 unspecified atom stereocenters. The van der Waals surface area contributed by atoms with Crippen molar-refractivity contribution in [1.29, 1.82) is 0 Å². The minimum Gasteiger partial charge on any atom is -0.497 e. The second-order valence-corrected chi connectivity index (χ2v) is 8.98. The van der Waals surface area contributed by atoms with Crippen LogP contribution in [0.25, 0.3) is 5.69 Å². The third-order valence-electron chi connectivity index (χ3n) is 5.82. The molecule has 1 N–H and O–H groups in total. The molecule has 30 heavy (non-hydrogen) atoms. The third kappa shape index (κ3) is 4.25. The number of carbonyl (C=O) groups excluding carboxylic acids is 1. The quantitative estimate of drug-likeness (QED) is 0.679. The fourth-order valence-electron chi connectivity index (χ4n) is 4.25. The Morgan fingerprint density at radius 2 is 1.87 bits per heavy atom. The Hall–Kier alpha value is -3.08. The summed E-state index contributed by atoms with van der Waals surface area (Å²) >= 11 is 0. The first-order valence-electron chi connectivity index (χ1n) is 10.4. The van der Waals surface area contributed by atoms with Crippen molar-refractivity contribution in [2.24, 2.45) is 5.41 Å². The van der Waals surface area contributed by atoms with Gasteiger partial charge in [-0.05, 0) is 55.0 Å². The Morgan fingerprint density at radius 3 is 2.53 bits per heavy atom. The van der Waals surface area contributed by atoms with Gasteiger partial charge < -0.3 is 10.1 Å². The number of rotatable bonds is 5. The molecular formula is C25H29N3O2. The molecule has 0 spiro atoms. The highest BCUT2D eigenvalue weighted by Crippen LogP contribution is 2.41. The number of nitrogens with one attached hydrogen (secondary N) is 1. The van der Waals surface area contributed by atoms with Crippen LogP contribution in [0.2, 0.25) is 0 Å². The molecule has 1 aliphatic rings. The van der Waals surface area contributed by atoms with E-state index in [-0.39, 0.29) is 17.4 Å². The number of ether oxygens (including phenoxy) is 1. The van der Waals surface area contributed by atoms with Gasteiger partial charge in [-0.1, -0.05) is 43.7 Å². The summed E-state index contributed by atoms with van der Waals surface area (Å²) in [5.74, 6) is 0.818. The monoisotopic (exact) mass is 403 g/mol. The summed E-state index contributed by atoms with van der Waals surface area (Å²) < 4.78 is 7.22. The number of fused-ring (bicyclic) bond motifs is 1. The molecule has 1 aliphatic carbocycles. The first-order valence-corrected chi connectivity index (χ1v) is 10.4. The van der Waals surface area contributed by atoms with Gasteiger partial charge in [-0.15, -0.1) is 0 Å². The van der Waals surface area contributed by atoms with Gasteiger partial charge in [0.2, 0.25) is 5.91 Å². The molecule has 0 bridgehead atoms. The molecule has 5 heteroatoms. The highest BCUT2D eigenvalue weighted by molar-refractivity contribution is 5.79. The summed E-state index contributed by atoms with van der Waals surface area (Å²) in [6.45, 7) is 6.59. The maximum absolute atomic E-state index is 12.8. The van der Waals surface area contributed by atoms with Gasteiger partial charge in [-0.3, -0.25) is 4.79 Å².